The number of rotatable bonds is 7. The largest absolute Gasteiger partial charge is 0.388 e. The lowest BCUT2D eigenvalue weighted by Crippen LogP contribution is -2.59. The van der Waals surface area contributed by atoms with Gasteiger partial charge in [-0.3, -0.25) is 0 Å². The second-order valence-electron chi connectivity index (χ2n) is 10.1. The summed E-state index contributed by atoms with van der Waals surface area (Å²) in [5, 5.41) is 50.9. The molecule has 5 rings (SSSR count). The number of anilines is 1. The van der Waals surface area contributed by atoms with Gasteiger partial charge in [0.1, 0.15) is 30.5 Å². The molecule has 3 heterocycles. The predicted octanol–water partition coefficient (Wildman–Crippen LogP) is 0.266. The molecule has 2 aliphatic heterocycles. The zero-order valence-electron chi connectivity index (χ0n) is 22.3. The molecule has 218 valence electrons. The molecule has 5 N–H and O–H groups in total. The molecule has 5 atom stereocenters. The lowest BCUT2D eigenvalue weighted by Gasteiger charge is -2.38. The van der Waals surface area contributed by atoms with E-state index in [1.807, 2.05) is 18.2 Å². The Morgan fingerprint density at radius 1 is 1.02 bits per heavy atom. The fourth-order valence-corrected chi connectivity index (χ4v) is 5.98. The highest BCUT2D eigenvalue weighted by Gasteiger charge is 2.43. The van der Waals surface area contributed by atoms with Gasteiger partial charge >= 0.3 is 0 Å². The molecule has 2 fully saturated rings. The molecular weight excluding hydrogens is 552 g/mol. The molecular formula is C28H32N4O8S. The Kier molecular flexibility index (Phi) is 8.46. The van der Waals surface area contributed by atoms with Gasteiger partial charge in [-0.05, 0) is 52.7 Å². The number of nitrogens with one attached hydrogen (secondary N) is 1. The number of sulfonamides is 1. The Hall–Kier alpha value is -3.32. The Bertz CT molecular complexity index is 1590. The molecule has 41 heavy (non-hydrogen) atoms. The van der Waals surface area contributed by atoms with Crippen LogP contribution in [0, 0.1) is 11.3 Å². The lowest BCUT2D eigenvalue weighted by molar-refractivity contribution is -0.279. The first-order valence-electron chi connectivity index (χ1n) is 13.1. The topological polar surface area (TPSA) is 178 Å². The van der Waals surface area contributed by atoms with Crippen LogP contribution in [0.1, 0.15) is 5.69 Å². The third-order valence-corrected chi connectivity index (χ3v) is 8.83. The highest BCUT2D eigenvalue weighted by molar-refractivity contribution is 7.93. The van der Waals surface area contributed by atoms with Crippen LogP contribution in [-0.2, 0) is 26.5 Å². The SMILES string of the molecule is Cn1c(/C=C(\C#N)S(=O)(=O)NC[C@H]2OC(O)[C@H](O)[C@@H](O)[C@@H]2O)ccc1-c1ccc2cc(N3CCOCC3)ccc2c1. The molecule has 2 aromatic carbocycles. The zero-order valence-corrected chi connectivity index (χ0v) is 23.1. The molecule has 13 heteroatoms. The van der Waals surface area contributed by atoms with Crippen LogP contribution in [0.15, 0.2) is 53.4 Å². The van der Waals surface area contributed by atoms with Crippen molar-refractivity contribution in [1.82, 2.24) is 9.29 Å². The molecule has 0 amide bonds. The van der Waals surface area contributed by atoms with Crippen LogP contribution in [0.25, 0.3) is 28.1 Å². The van der Waals surface area contributed by atoms with Crippen LogP contribution in [0.3, 0.4) is 0 Å². The van der Waals surface area contributed by atoms with Crippen molar-refractivity contribution in [2.24, 2.45) is 7.05 Å². The van der Waals surface area contributed by atoms with E-state index in [1.165, 1.54) is 6.08 Å². The van der Waals surface area contributed by atoms with E-state index in [0.29, 0.717) is 18.9 Å². The van der Waals surface area contributed by atoms with E-state index in [-0.39, 0.29) is 0 Å². The molecule has 12 nitrogen and oxygen atoms in total. The van der Waals surface area contributed by atoms with Crippen molar-refractivity contribution in [1.29, 1.82) is 5.26 Å². The van der Waals surface area contributed by atoms with E-state index >= 15 is 0 Å². The number of aromatic nitrogens is 1. The molecule has 0 radical (unpaired) electrons. The highest BCUT2D eigenvalue weighted by Crippen LogP contribution is 2.29. The first-order valence-corrected chi connectivity index (χ1v) is 14.6. The zero-order chi connectivity index (χ0) is 29.3. The van der Waals surface area contributed by atoms with Gasteiger partial charge in [-0.15, -0.1) is 0 Å². The number of hydrogen-bond acceptors (Lipinski definition) is 10. The summed E-state index contributed by atoms with van der Waals surface area (Å²) >= 11 is 0. The lowest BCUT2D eigenvalue weighted by atomic mass is 9.99. The average molecular weight is 585 g/mol. The van der Waals surface area contributed by atoms with E-state index in [0.717, 1.165) is 40.8 Å². The Morgan fingerprint density at radius 2 is 1.73 bits per heavy atom. The molecule has 2 aliphatic rings. The van der Waals surface area contributed by atoms with Crippen molar-refractivity contribution in [2.45, 2.75) is 30.7 Å². The first-order chi connectivity index (χ1) is 19.6. The van der Waals surface area contributed by atoms with E-state index < -0.39 is 52.2 Å². The number of nitrogens with zero attached hydrogens (tertiary/aromatic N) is 3. The maximum atomic E-state index is 12.9. The van der Waals surface area contributed by atoms with E-state index in [9.17, 15) is 34.1 Å². The minimum atomic E-state index is -4.35. The van der Waals surface area contributed by atoms with E-state index in [1.54, 1.807) is 23.8 Å². The van der Waals surface area contributed by atoms with Gasteiger partial charge in [0.05, 0.1) is 13.2 Å². The number of benzene rings is 2. The molecule has 0 saturated carbocycles. The summed E-state index contributed by atoms with van der Waals surface area (Å²) < 4.78 is 40.2. The summed E-state index contributed by atoms with van der Waals surface area (Å²) in [6, 6.07) is 17.6. The summed E-state index contributed by atoms with van der Waals surface area (Å²) in [6.45, 7) is 2.58. The van der Waals surface area contributed by atoms with Crippen molar-refractivity contribution in [2.75, 3.05) is 37.7 Å². The van der Waals surface area contributed by atoms with Gasteiger partial charge in [0.2, 0.25) is 0 Å². The molecule has 3 aromatic rings. The fourth-order valence-electron chi connectivity index (χ4n) is 5.05. The Balaban J connectivity index is 1.33. The summed E-state index contributed by atoms with van der Waals surface area (Å²) in [4.78, 5) is 1.72. The molecule has 1 aromatic heterocycles. The maximum absolute atomic E-state index is 12.9. The number of fused-ring (bicyclic) bond motifs is 1. The quantitative estimate of drug-likeness (QED) is 0.242. The Labute approximate surface area is 237 Å². The third kappa shape index (κ3) is 6.01. The fraction of sp³-hybridized carbons (Fsp3) is 0.393. The van der Waals surface area contributed by atoms with Crippen LogP contribution < -0.4 is 9.62 Å². The maximum Gasteiger partial charge on any atom is 0.250 e. The third-order valence-electron chi connectivity index (χ3n) is 7.50. The van der Waals surface area contributed by atoms with Gasteiger partial charge in [0.25, 0.3) is 10.0 Å². The molecule has 0 aliphatic carbocycles. The van der Waals surface area contributed by atoms with Crippen molar-refractivity contribution in [3.8, 4) is 17.3 Å². The van der Waals surface area contributed by atoms with Crippen LogP contribution in [0.5, 0.6) is 0 Å². The monoisotopic (exact) mass is 584 g/mol. The molecule has 0 spiro atoms. The second-order valence-corrected chi connectivity index (χ2v) is 11.8. The number of nitriles is 1. The van der Waals surface area contributed by atoms with E-state index in [4.69, 9.17) is 9.47 Å². The van der Waals surface area contributed by atoms with Crippen LogP contribution in [-0.4, -0.2) is 97.0 Å². The molecule has 2 saturated heterocycles. The smallest absolute Gasteiger partial charge is 0.250 e. The number of ether oxygens (including phenoxy) is 2. The highest BCUT2D eigenvalue weighted by atomic mass is 32.2. The van der Waals surface area contributed by atoms with Crippen LogP contribution in [0.2, 0.25) is 0 Å². The number of aliphatic hydroxyl groups is 4. The van der Waals surface area contributed by atoms with Gasteiger partial charge in [-0.2, -0.15) is 5.26 Å². The van der Waals surface area contributed by atoms with Crippen molar-refractivity contribution in [3.05, 3.63) is 59.1 Å². The van der Waals surface area contributed by atoms with Gasteiger partial charge in [-0.1, -0.05) is 18.2 Å². The van der Waals surface area contributed by atoms with Crippen molar-refractivity contribution in [3.63, 3.8) is 0 Å². The minimum absolute atomic E-state index is 0.465. The van der Waals surface area contributed by atoms with Crippen molar-refractivity contribution < 1.29 is 38.3 Å². The summed E-state index contributed by atoms with van der Waals surface area (Å²) in [6.07, 6.45) is -7.06. The Morgan fingerprint density at radius 3 is 2.46 bits per heavy atom. The van der Waals surface area contributed by atoms with E-state index in [2.05, 4.69) is 33.9 Å². The average Bonchev–Trinajstić information content (AvgIpc) is 3.35. The first kappa shape index (κ1) is 29.2. The van der Waals surface area contributed by atoms with Crippen LogP contribution >= 0.6 is 0 Å². The summed E-state index contributed by atoms with van der Waals surface area (Å²) in [7, 11) is -2.58. The van der Waals surface area contributed by atoms with Gasteiger partial charge < -0.3 is 39.4 Å². The number of morpholine rings is 1. The van der Waals surface area contributed by atoms with Crippen molar-refractivity contribution >= 4 is 32.6 Å². The standard InChI is InChI=1S/C28H32N4O8S/c1-31-20(14-22(15-29)41(37,38)30-16-24-25(33)26(34)27(35)28(36)40-24)6-7-23(31)19-3-2-18-13-21(5-4-17(18)12-19)32-8-10-39-11-9-32/h2-7,12-14,24-28,30,33-36H,8-11,16H2,1H3/b22-14+/t24-,25-,26+,27-,28?/m1/s1. The normalized spacial score (nSPS) is 25.8. The number of allylic oxidation sites excluding steroid dienone is 1. The summed E-state index contributed by atoms with van der Waals surface area (Å²) in [5.74, 6) is 0. The molecule has 0 bridgehead atoms. The molecule has 1 unspecified atom stereocenters. The van der Waals surface area contributed by atoms with Gasteiger partial charge in [0.15, 0.2) is 11.2 Å². The van der Waals surface area contributed by atoms with Gasteiger partial charge in [0, 0.05) is 43.8 Å². The predicted molar refractivity (Wildman–Crippen MR) is 151 cm³/mol. The number of aliphatic hydroxyl groups excluding tert-OH is 4. The summed E-state index contributed by atoms with van der Waals surface area (Å²) in [5.41, 5.74) is 3.35. The van der Waals surface area contributed by atoms with Crippen LogP contribution in [0.4, 0.5) is 5.69 Å². The van der Waals surface area contributed by atoms with Gasteiger partial charge in [-0.25, -0.2) is 13.1 Å². The minimum Gasteiger partial charge on any atom is -0.388 e. The second kappa shape index (κ2) is 11.9. The number of hydrogen-bond donors (Lipinski definition) is 5.